The molecule has 0 aliphatic carbocycles. The number of benzene rings is 1. The fourth-order valence-corrected chi connectivity index (χ4v) is 3.21. The van der Waals surface area contributed by atoms with E-state index >= 15 is 0 Å². The number of rotatable bonds is 7. The molecule has 0 bridgehead atoms. The second-order valence-corrected chi connectivity index (χ2v) is 6.22. The number of carboxylic acids is 1. The zero-order chi connectivity index (χ0) is 16.9. The highest BCUT2D eigenvalue weighted by molar-refractivity contribution is 7.99. The highest BCUT2D eigenvalue weighted by Crippen LogP contribution is 2.26. The number of nitrogens with zero attached hydrogens (tertiary/aromatic N) is 5. The molecule has 1 unspecified atom stereocenters. The van der Waals surface area contributed by atoms with Crippen LogP contribution in [0.4, 0.5) is 0 Å². The van der Waals surface area contributed by atoms with Crippen LogP contribution in [0.25, 0.3) is 0 Å². The Morgan fingerprint density at radius 1 is 1.29 bits per heavy atom. The quantitative estimate of drug-likeness (QED) is 0.663. The number of aromatic nitrogens is 5. The van der Waals surface area contributed by atoms with E-state index in [2.05, 4.69) is 22.1 Å². The van der Waals surface area contributed by atoms with E-state index in [1.807, 2.05) is 45.7 Å². The van der Waals surface area contributed by atoms with E-state index in [4.69, 9.17) is 5.11 Å². The molecular formula is C16H17N5O2S. The molecule has 24 heavy (non-hydrogen) atoms. The van der Waals surface area contributed by atoms with Crippen molar-refractivity contribution in [2.45, 2.75) is 24.7 Å². The molecule has 0 spiro atoms. The van der Waals surface area contributed by atoms with Gasteiger partial charge in [0, 0.05) is 12.4 Å². The molecule has 0 radical (unpaired) electrons. The maximum Gasteiger partial charge on any atom is 0.313 e. The molecule has 0 aliphatic heterocycles. The third-order valence-corrected chi connectivity index (χ3v) is 4.54. The van der Waals surface area contributed by atoms with Crippen LogP contribution in [0.5, 0.6) is 0 Å². The molecule has 124 valence electrons. The third kappa shape index (κ3) is 3.65. The summed E-state index contributed by atoms with van der Waals surface area (Å²) in [4.78, 5) is 14.9. The molecule has 1 N–H and O–H groups in total. The van der Waals surface area contributed by atoms with Gasteiger partial charge in [-0.1, -0.05) is 42.1 Å². The van der Waals surface area contributed by atoms with Crippen LogP contribution in [-0.4, -0.2) is 41.1 Å². The van der Waals surface area contributed by atoms with E-state index in [1.165, 1.54) is 11.8 Å². The minimum Gasteiger partial charge on any atom is -0.481 e. The van der Waals surface area contributed by atoms with Crippen molar-refractivity contribution in [1.29, 1.82) is 0 Å². The number of carboxylic acid groups (broad SMARTS) is 1. The van der Waals surface area contributed by atoms with Crippen LogP contribution >= 0.6 is 11.8 Å². The number of imidazole rings is 1. The zero-order valence-corrected chi connectivity index (χ0v) is 13.9. The lowest BCUT2D eigenvalue weighted by molar-refractivity contribution is -0.133. The first-order chi connectivity index (χ1) is 11.6. The average Bonchev–Trinajstić information content (AvgIpc) is 3.23. The van der Waals surface area contributed by atoms with Gasteiger partial charge in [0.2, 0.25) is 0 Å². The predicted octanol–water partition coefficient (Wildman–Crippen LogP) is 2.31. The van der Waals surface area contributed by atoms with Crippen LogP contribution in [0.1, 0.15) is 24.4 Å². The Morgan fingerprint density at radius 2 is 2.08 bits per heavy atom. The zero-order valence-electron chi connectivity index (χ0n) is 13.1. The summed E-state index contributed by atoms with van der Waals surface area (Å²) >= 11 is 1.18. The number of carbonyl (C=O) groups is 1. The van der Waals surface area contributed by atoms with E-state index < -0.39 is 5.97 Å². The Kier molecular flexibility index (Phi) is 4.95. The van der Waals surface area contributed by atoms with Crippen LogP contribution in [0.3, 0.4) is 0 Å². The molecule has 7 nitrogen and oxygen atoms in total. The number of hydrogen-bond donors (Lipinski definition) is 1. The maximum atomic E-state index is 10.9. The van der Waals surface area contributed by atoms with Crippen LogP contribution in [0.2, 0.25) is 0 Å². The monoisotopic (exact) mass is 343 g/mol. The minimum absolute atomic E-state index is 0.00369. The van der Waals surface area contributed by atoms with E-state index in [1.54, 1.807) is 12.5 Å². The van der Waals surface area contributed by atoms with Crippen molar-refractivity contribution in [3.63, 3.8) is 0 Å². The molecule has 8 heteroatoms. The van der Waals surface area contributed by atoms with E-state index in [9.17, 15) is 4.79 Å². The summed E-state index contributed by atoms with van der Waals surface area (Å²) < 4.78 is 3.90. The lowest BCUT2D eigenvalue weighted by Gasteiger charge is -2.18. The highest BCUT2D eigenvalue weighted by atomic mass is 32.2. The Labute approximate surface area is 143 Å². The molecule has 0 fully saturated rings. The van der Waals surface area contributed by atoms with Crippen molar-refractivity contribution in [2.24, 2.45) is 0 Å². The first-order valence-corrected chi connectivity index (χ1v) is 8.42. The SMILES string of the molecule is CC(c1ccccc1)n1c(Cn2ccnc2)nnc1SCC(=O)O. The molecule has 1 aromatic carbocycles. The largest absolute Gasteiger partial charge is 0.481 e. The van der Waals surface area contributed by atoms with Crippen LogP contribution in [0.15, 0.2) is 54.2 Å². The molecule has 3 aromatic rings. The summed E-state index contributed by atoms with van der Waals surface area (Å²) in [5.41, 5.74) is 1.11. The summed E-state index contributed by atoms with van der Waals surface area (Å²) in [5, 5.41) is 18.0. The summed E-state index contributed by atoms with van der Waals surface area (Å²) in [6.07, 6.45) is 5.29. The molecule has 0 aliphatic rings. The molecule has 1 atom stereocenters. The van der Waals surface area contributed by atoms with Crippen molar-refractivity contribution in [1.82, 2.24) is 24.3 Å². The van der Waals surface area contributed by atoms with E-state index in [0.717, 1.165) is 11.4 Å². The van der Waals surface area contributed by atoms with Crippen LogP contribution in [-0.2, 0) is 11.3 Å². The molecular weight excluding hydrogens is 326 g/mol. The number of hydrogen-bond acceptors (Lipinski definition) is 5. The van der Waals surface area contributed by atoms with Crippen molar-refractivity contribution >= 4 is 17.7 Å². The smallest absolute Gasteiger partial charge is 0.313 e. The van der Waals surface area contributed by atoms with Crippen molar-refractivity contribution in [2.75, 3.05) is 5.75 Å². The average molecular weight is 343 g/mol. The lowest BCUT2D eigenvalue weighted by Crippen LogP contribution is -2.14. The van der Waals surface area contributed by atoms with Gasteiger partial charge in [-0.3, -0.25) is 9.36 Å². The van der Waals surface area contributed by atoms with Crippen molar-refractivity contribution < 1.29 is 9.90 Å². The Morgan fingerprint density at radius 3 is 2.75 bits per heavy atom. The van der Waals surface area contributed by atoms with Gasteiger partial charge in [-0.15, -0.1) is 10.2 Å². The normalized spacial score (nSPS) is 12.2. The fraction of sp³-hybridized carbons (Fsp3) is 0.250. The predicted molar refractivity (Wildman–Crippen MR) is 90.0 cm³/mol. The van der Waals surface area contributed by atoms with Gasteiger partial charge >= 0.3 is 5.97 Å². The molecule has 3 rings (SSSR count). The first-order valence-electron chi connectivity index (χ1n) is 7.44. The van der Waals surface area contributed by atoms with Gasteiger partial charge in [0.05, 0.1) is 24.7 Å². The Bertz CT molecular complexity index is 801. The standard InChI is InChI=1S/C16H17N5O2S/c1-12(13-5-3-2-4-6-13)21-14(9-20-8-7-17-11-20)18-19-16(21)24-10-15(22)23/h2-8,11-12H,9-10H2,1H3,(H,22,23). The van der Waals surface area contributed by atoms with Crippen LogP contribution < -0.4 is 0 Å². The molecule has 0 amide bonds. The first kappa shape index (κ1) is 16.3. The lowest BCUT2D eigenvalue weighted by atomic mass is 10.1. The summed E-state index contributed by atoms with van der Waals surface area (Å²) in [6, 6.07) is 10.0. The van der Waals surface area contributed by atoms with Gasteiger partial charge in [-0.2, -0.15) is 0 Å². The number of aliphatic carboxylic acids is 1. The highest BCUT2D eigenvalue weighted by Gasteiger charge is 2.20. The summed E-state index contributed by atoms with van der Waals surface area (Å²) in [7, 11) is 0. The van der Waals surface area contributed by atoms with Gasteiger partial charge in [-0.25, -0.2) is 4.98 Å². The van der Waals surface area contributed by atoms with E-state index in [0.29, 0.717) is 11.7 Å². The minimum atomic E-state index is -0.877. The number of thioether (sulfide) groups is 1. The molecule has 0 saturated heterocycles. The van der Waals surface area contributed by atoms with Crippen molar-refractivity contribution in [3.05, 3.63) is 60.4 Å². The van der Waals surface area contributed by atoms with E-state index in [-0.39, 0.29) is 11.8 Å². The second-order valence-electron chi connectivity index (χ2n) is 5.27. The van der Waals surface area contributed by atoms with Gasteiger partial charge in [0.25, 0.3) is 0 Å². The van der Waals surface area contributed by atoms with Gasteiger partial charge < -0.3 is 9.67 Å². The Balaban J connectivity index is 1.95. The van der Waals surface area contributed by atoms with Gasteiger partial charge in [-0.05, 0) is 12.5 Å². The maximum absolute atomic E-state index is 10.9. The second kappa shape index (κ2) is 7.31. The van der Waals surface area contributed by atoms with Gasteiger partial charge in [0.1, 0.15) is 0 Å². The van der Waals surface area contributed by atoms with Crippen molar-refractivity contribution in [3.8, 4) is 0 Å². The van der Waals surface area contributed by atoms with Crippen LogP contribution in [0, 0.1) is 0 Å². The Hall–Kier alpha value is -2.61. The fourth-order valence-electron chi connectivity index (χ4n) is 2.45. The van der Waals surface area contributed by atoms with Gasteiger partial charge in [0.15, 0.2) is 11.0 Å². The summed E-state index contributed by atoms with van der Waals surface area (Å²) in [6.45, 7) is 2.58. The topological polar surface area (TPSA) is 85.8 Å². The third-order valence-electron chi connectivity index (χ3n) is 3.61. The molecule has 2 aromatic heterocycles. The molecule has 2 heterocycles. The summed E-state index contributed by atoms with van der Waals surface area (Å²) in [5.74, 6) is -0.166. The molecule has 0 saturated carbocycles.